The summed E-state index contributed by atoms with van der Waals surface area (Å²) < 4.78 is 0. The van der Waals surface area contributed by atoms with Crippen LogP contribution in [0.1, 0.15) is 0 Å². The molecule has 0 aromatic heterocycles. The topological polar surface area (TPSA) is 80.9 Å². The Hall–Kier alpha value is 2.04. The van der Waals surface area contributed by atoms with E-state index < -0.39 is 9.05 Å². The summed E-state index contributed by atoms with van der Waals surface area (Å²) in [5.74, 6) is 0. The zero-order valence-corrected chi connectivity index (χ0v) is 6.96. The van der Waals surface area contributed by atoms with Crippen LogP contribution in [0.3, 0.4) is 0 Å². The molecule has 0 fully saturated rings. The van der Waals surface area contributed by atoms with Gasteiger partial charge in [0, 0.05) is 19.5 Å². The fourth-order valence-corrected chi connectivity index (χ4v) is 0. The van der Waals surface area contributed by atoms with Gasteiger partial charge in [-0.1, -0.05) is 0 Å². The molecule has 0 bridgehead atoms. The minimum absolute atomic E-state index is 0. The molecule has 0 unspecified atom stereocenters. The maximum Gasteiger partial charge on any atom is 0.316 e. The van der Waals surface area contributed by atoms with Crippen molar-refractivity contribution in [3.63, 3.8) is 0 Å². The molecule has 0 amide bonds. The molecule has 0 spiro atoms. The quantitative estimate of drug-likeness (QED) is 0.296. The minimum Gasteiger partial charge on any atom is 0 e. The smallest absolute Gasteiger partial charge is 0 e. The summed E-state index contributed by atoms with van der Waals surface area (Å²) >= 11 is 0. The zero-order chi connectivity index (χ0) is 4.50. The SMILES string of the molecule is O[Si](O)(O)O.[LiH].[MgH2].[Zn]. The molecule has 0 heterocycles. The Bertz CT molecular complexity index is 31.5. The van der Waals surface area contributed by atoms with E-state index in [1.165, 1.54) is 0 Å². The summed E-state index contributed by atoms with van der Waals surface area (Å²) in [6.07, 6.45) is 0. The second kappa shape index (κ2) is 9.04. The van der Waals surface area contributed by atoms with Gasteiger partial charge in [-0.15, -0.1) is 0 Å². The Kier molecular flexibility index (Phi) is 25.4. The van der Waals surface area contributed by atoms with Crippen molar-refractivity contribution in [3.05, 3.63) is 0 Å². The van der Waals surface area contributed by atoms with Crippen molar-refractivity contribution in [1.29, 1.82) is 0 Å². The van der Waals surface area contributed by atoms with Crippen molar-refractivity contribution in [3.8, 4) is 0 Å². The first-order valence-electron chi connectivity index (χ1n) is 0.894. The van der Waals surface area contributed by atoms with E-state index >= 15 is 0 Å². The maximum absolute atomic E-state index is 7.33. The molecule has 0 atom stereocenters. The average molecular weight is 196 g/mol. The molecular formula is H7LiMgO4SiZn. The van der Waals surface area contributed by atoms with E-state index in [0.717, 1.165) is 0 Å². The van der Waals surface area contributed by atoms with Crippen LogP contribution >= 0.6 is 0 Å². The van der Waals surface area contributed by atoms with Gasteiger partial charge in [-0.05, 0) is 0 Å². The zero-order valence-electron chi connectivity index (χ0n) is 3.00. The fraction of sp³-hybridized carbons (Fsp3) is 0. The normalized spacial score (nSPS) is 7.50. The first-order valence-corrected chi connectivity index (χ1v) is 2.68. The van der Waals surface area contributed by atoms with E-state index in [4.69, 9.17) is 19.2 Å². The van der Waals surface area contributed by atoms with Crippen molar-refractivity contribution in [1.82, 2.24) is 0 Å². The molecule has 0 saturated heterocycles. The summed E-state index contributed by atoms with van der Waals surface area (Å²) in [5.41, 5.74) is 0. The minimum atomic E-state index is -4.61. The van der Waals surface area contributed by atoms with Gasteiger partial charge in [0.15, 0.2) is 0 Å². The van der Waals surface area contributed by atoms with E-state index in [2.05, 4.69) is 0 Å². The van der Waals surface area contributed by atoms with Crippen molar-refractivity contribution in [2.75, 3.05) is 0 Å². The van der Waals surface area contributed by atoms with Gasteiger partial charge >= 0.3 is 51.0 Å². The molecule has 0 aliphatic rings. The Balaban J connectivity index is -0.0000000267. The summed E-state index contributed by atoms with van der Waals surface area (Å²) in [6, 6.07) is 0. The van der Waals surface area contributed by atoms with E-state index in [-0.39, 0.29) is 61.4 Å². The van der Waals surface area contributed by atoms with Crippen molar-refractivity contribution in [2.45, 2.75) is 0 Å². The van der Waals surface area contributed by atoms with Crippen molar-refractivity contribution < 1.29 is 38.7 Å². The number of hydrogen-bond donors (Lipinski definition) is 4. The molecule has 0 rings (SSSR count). The van der Waals surface area contributed by atoms with Crippen LogP contribution in [0.5, 0.6) is 0 Å². The van der Waals surface area contributed by atoms with Gasteiger partial charge in [0.05, 0.1) is 0 Å². The average Bonchev–Trinajstić information content (AvgIpc) is 0.722. The van der Waals surface area contributed by atoms with Gasteiger partial charge < -0.3 is 19.2 Å². The van der Waals surface area contributed by atoms with Crippen LogP contribution in [0.2, 0.25) is 0 Å². The molecule has 8 heavy (non-hydrogen) atoms. The third kappa shape index (κ3) is 95.5. The van der Waals surface area contributed by atoms with Gasteiger partial charge in [0.1, 0.15) is 0 Å². The van der Waals surface area contributed by atoms with Crippen LogP contribution in [-0.2, 0) is 19.5 Å². The first-order chi connectivity index (χ1) is 2.00. The van der Waals surface area contributed by atoms with Gasteiger partial charge in [-0.25, -0.2) is 0 Å². The van der Waals surface area contributed by atoms with Crippen LogP contribution in [-0.4, -0.2) is 70.1 Å². The van der Waals surface area contributed by atoms with Gasteiger partial charge in [-0.2, -0.15) is 0 Å². The van der Waals surface area contributed by atoms with Gasteiger partial charge in [0.2, 0.25) is 0 Å². The van der Waals surface area contributed by atoms with Gasteiger partial charge in [0.25, 0.3) is 0 Å². The second-order valence-electron chi connectivity index (χ2n) is 0.600. The molecule has 4 nitrogen and oxygen atoms in total. The van der Waals surface area contributed by atoms with Crippen LogP contribution in [0.25, 0.3) is 0 Å². The Morgan fingerprint density at radius 2 is 0.875 bits per heavy atom. The van der Waals surface area contributed by atoms with E-state index in [0.29, 0.717) is 0 Å². The summed E-state index contributed by atoms with van der Waals surface area (Å²) in [4.78, 5) is 29.3. The molecule has 0 aromatic rings. The standard InChI is InChI=1S/Li.Mg.H4O4Si.Zn.3H/c;;1-5(2,3)4;;;;/h;;1-4H;;;;. The molecular weight excluding hydrogens is 189 g/mol. The van der Waals surface area contributed by atoms with Crippen molar-refractivity contribution in [2.24, 2.45) is 0 Å². The molecule has 40 valence electrons. The number of hydrogen-bond acceptors (Lipinski definition) is 4. The monoisotopic (exact) mass is 194 g/mol. The molecule has 4 N–H and O–H groups in total. The second-order valence-corrected chi connectivity index (χ2v) is 1.80. The van der Waals surface area contributed by atoms with Crippen LogP contribution < -0.4 is 0 Å². The Morgan fingerprint density at radius 1 is 0.875 bits per heavy atom. The predicted octanol–water partition coefficient (Wildman–Crippen LogP) is -4.18. The third-order valence-corrected chi connectivity index (χ3v) is 0. The fourth-order valence-electron chi connectivity index (χ4n) is 0. The van der Waals surface area contributed by atoms with Crippen LogP contribution in [0.15, 0.2) is 0 Å². The predicted molar refractivity (Wildman–Crippen MR) is 30.3 cm³/mol. The van der Waals surface area contributed by atoms with E-state index in [9.17, 15) is 0 Å². The molecule has 0 saturated carbocycles. The number of rotatable bonds is 0. The molecule has 8 heteroatoms. The Labute approximate surface area is 88.9 Å². The molecule has 0 aromatic carbocycles. The van der Waals surface area contributed by atoms with Crippen LogP contribution in [0.4, 0.5) is 0 Å². The first kappa shape index (κ1) is 22.5. The Morgan fingerprint density at radius 3 is 0.875 bits per heavy atom. The maximum atomic E-state index is 7.33. The third-order valence-electron chi connectivity index (χ3n) is 0. The summed E-state index contributed by atoms with van der Waals surface area (Å²) in [5, 5.41) is 0. The van der Waals surface area contributed by atoms with Crippen LogP contribution in [0, 0.1) is 0 Å². The molecule has 0 aliphatic carbocycles. The largest absolute Gasteiger partial charge is 0.316 e. The molecule has 0 aliphatic heterocycles. The van der Waals surface area contributed by atoms with E-state index in [1.54, 1.807) is 0 Å². The van der Waals surface area contributed by atoms with Crippen molar-refractivity contribution >= 4 is 51.0 Å². The molecule has 0 radical (unpaired) electrons. The summed E-state index contributed by atoms with van der Waals surface area (Å²) in [6.45, 7) is 0. The van der Waals surface area contributed by atoms with E-state index in [1.807, 2.05) is 0 Å². The summed E-state index contributed by atoms with van der Waals surface area (Å²) in [7, 11) is -4.61. The van der Waals surface area contributed by atoms with Gasteiger partial charge in [-0.3, -0.25) is 0 Å².